The Labute approximate surface area is 198 Å². The van der Waals surface area contributed by atoms with E-state index in [1.165, 1.54) is 6.20 Å². The molecule has 1 aromatic carbocycles. The minimum absolute atomic E-state index is 0.0315. The summed E-state index contributed by atoms with van der Waals surface area (Å²) in [6.07, 6.45) is 6.74. The fourth-order valence-electron chi connectivity index (χ4n) is 4.36. The van der Waals surface area contributed by atoms with Crippen molar-refractivity contribution >= 4 is 34.4 Å². The van der Waals surface area contributed by atoms with E-state index in [0.717, 1.165) is 34.9 Å². The maximum atomic E-state index is 12.8. The molecule has 1 aliphatic rings. The summed E-state index contributed by atoms with van der Waals surface area (Å²) in [6.45, 7) is 5.43. The van der Waals surface area contributed by atoms with Crippen LogP contribution in [0.5, 0.6) is 0 Å². The number of aromatic nitrogens is 3. The second-order valence-corrected chi connectivity index (χ2v) is 8.79. The van der Waals surface area contributed by atoms with Gasteiger partial charge in [-0.2, -0.15) is 0 Å². The second kappa shape index (κ2) is 9.42. The number of hydrogen-bond acceptors (Lipinski definition) is 5. The van der Waals surface area contributed by atoms with Gasteiger partial charge in [0.2, 0.25) is 11.9 Å². The molecule has 1 aliphatic carbocycles. The molecule has 8 heteroatoms. The largest absolute Gasteiger partial charge is 0.378 e. The highest BCUT2D eigenvalue weighted by Crippen LogP contribution is 2.35. The van der Waals surface area contributed by atoms with E-state index in [1.807, 2.05) is 42.8 Å². The summed E-state index contributed by atoms with van der Waals surface area (Å²) in [7, 11) is 0. The SMILES string of the molecule is CCN(CC)C(=O)Cn1cc(-c2nc(N)ncc2Cl)c2cc(C#CC3(O)CCCC3)ccc21. The monoisotopic (exact) mass is 465 g/mol. The lowest BCUT2D eigenvalue weighted by Gasteiger charge is -2.19. The van der Waals surface area contributed by atoms with Gasteiger partial charge < -0.3 is 20.3 Å². The lowest BCUT2D eigenvalue weighted by molar-refractivity contribution is -0.131. The average molecular weight is 466 g/mol. The molecule has 0 aliphatic heterocycles. The van der Waals surface area contributed by atoms with Gasteiger partial charge in [-0.05, 0) is 57.7 Å². The van der Waals surface area contributed by atoms with Gasteiger partial charge in [-0.25, -0.2) is 9.97 Å². The van der Waals surface area contributed by atoms with Crippen LogP contribution in [-0.2, 0) is 11.3 Å². The highest BCUT2D eigenvalue weighted by molar-refractivity contribution is 6.33. The van der Waals surface area contributed by atoms with Crippen LogP contribution in [0.1, 0.15) is 45.1 Å². The predicted molar refractivity (Wildman–Crippen MR) is 131 cm³/mol. The summed E-state index contributed by atoms with van der Waals surface area (Å²) < 4.78 is 1.90. The van der Waals surface area contributed by atoms with Gasteiger partial charge in [0, 0.05) is 41.3 Å². The molecule has 2 heterocycles. The van der Waals surface area contributed by atoms with Crippen molar-refractivity contribution in [2.45, 2.75) is 51.7 Å². The molecule has 1 saturated carbocycles. The maximum Gasteiger partial charge on any atom is 0.242 e. The number of likely N-dealkylation sites (N-methyl/N-ethyl adjacent to an activating group) is 1. The molecule has 0 radical (unpaired) electrons. The van der Waals surface area contributed by atoms with E-state index in [4.69, 9.17) is 17.3 Å². The zero-order valence-electron chi connectivity index (χ0n) is 18.9. The first kappa shape index (κ1) is 23.1. The van der Waals surface area contributed by atoms with Crippen LogP contribution in [0.2, 0.25) is 5.02 Å². The summed E-state index contributed by atoms with van der Waals surface area (Å²) in [5, 5.41) is 11.8. The Morgan fingerprint density at radius 3 is 2.73 bits per heavy atom. The Hall–Kier alpha value is -3.08. The highest BCUT2D eigenvalue weighted by atomic mass is 35.5. The van der Waals surface area contributed by atoms with Gasteiger partial charge in [-0.1, -0.05) is 23.4 Å². The van der Waals surface area contributed by atoms with Crippen molar-refractivity contribution in [1.29, 1.82) is 0 Å². The quantitative estimate of drug-likeness (QED) is 0.557. The standard InChI is InChI=1S/C25H28ClN5O2/c1-3-30(4-2)22(32)16-31-15-19(23-20(26)14-28-24(27)29-23)18-13-17(7-8-21(18)31)9-12-25(33)10-5-6-11-25/h7-8,13-15,33H,3-6,10-11,16H2,1-2H3,(H2,27,28,29). The number of rotatable bonds is 5. The van der Waals surface area contributed by atoms with Gasteiger partial charge in [0.1, 0.15) is 12.1 Å². The lowest BCUT2D eigenvalue weighted by atomic mass is 10.0. The zero-order valence-corrected chi connectivity index (χ0v) is 19.7. The Bertz CT molecular complexity index is 1250. The first-order valence-electron chi connectivity index (χ1n) is 11.3. The number of carbonyl (C=O) groups is 1. The van der Waals surface area contributed by atoms with Crippen LogP contribution in [0, 0.1) is 11.8 Å². The fraction of sp³-hybridized carbons (Fsp3) is 0.400. The molecular formula is C25H28ClN5O2. The van der Waals surface area contributed by atoms with E-state index in [1.54, 1.807) is 4.90 Å². The molecule has 0 saturated heterocycles. The molecule has 7 nitrogen and oxygen atoms in total. The van der Waals surface area contributed by atoms with Crippen LogP contribution in [0.4, 0.5) is 5.95 Å². The van der Waals surface area contributed by atoms with E-state index in [-0.39, 0.29) is 18.4 Å². The summed E-state index contributed by atoms with van der Waals surface area (Å²) in [5.41, 5.74) is 7.81. The van der Waals surface area contributed by atoms with Crippen LogP contribution in [0.25, 0.3) is 22.2 Å². The number of fused-ring (bicyclic) bond motifs is 1. The van der Waals surface area contributed by atoms with E-state index < -0.39 is 5.60 Å². The van der Waals surface area contributed by atoms with Gasteiger partial charge in [0.25, 0.3) is 0 Å². The third-order valence-electron chi connectivity index (χ3n) is 6.19. The lowest BCUT2D eigenvalue weighted by Crippen LogP contribution is -2.33. The number of nitrogens with two attached hydrogens (primary N) is 1. The van der Waals surface area contributed by atoms with Gasteiger partial charge in [0.05, 0.1) is 16.9 Å². The van der Waals surface area contributed by atoms with Crippen molar-refractivity contribution in [2.75, 3.05) is 18.8 Å². The third kappa shape index (κ3) is 4.82. The fourth-order valence-corrected chi connectivity index (χ4v) is 4.55. The number of halogens is 1. The molecule has 4 rings (SSSR count). The van der Waals surface area contributed by atoms with Crippen molar-refractivity contribution in [3.05, 3.63) is 41.2 Å². The Morgan fingerprint density at radius 1 is 1.30 bits per heavy atom. The number of amides is 1. The van der Waals surface area contributed by atoms with Crippen LogP contribution in [0.3, 0.4) is 0 Å². The average Bonchev–Trinajstić information content (AvgIpc) is 3.39. The molecule has 2 aromatic heterocycles. The summed E-state index contributed by atoms with van der Waals surface area (Å²) in [4.78, 5) is 22.9. The van der Waals surface area contributed by atoms with E-state index in [9.17, 15) is 9.90 Å². The number of aliphatic hydroxyl groups is 1. The van der Waals surface area contributed by atoms with Gasteiger partial charge in [0.15, 0.2) is 0 Å². The van der Waals surface area contributed by atoms with Gasteiger partial charge in [-0.3, -0.25) is 4.79 Å². The smallest absolute Gasteiger partial charge is 0.242 e. The van der Waals surface area contributed by atoms with E-state index in [2.05, 4.69) is 21.8 Å². The van der Waals surface area contributed by atoms with Gasteiger partial charge >= 0.3 is 0 Å². The summed E-state index contributed by atoms with van der Waals surface area (Å²) in [6, 6.07) is 5.80. The Kier molecular flexibility index (Phi) is 6.59. The first-order valence-corrected chi connectivity index (χ1v) is 11.7. The normalized spacial score (nSPS) is 14.8. The molecule has 0 unspecified atom stereocenters. The van der Waals surface area contributed by atoms with Crippen LogP contribution < -0.4 is 5.73 Å². The predicted octanol–water partition coefficient (Wildman–Crippen LogP) is 3.86. The first-order chi connectivity index (χ1) is 15.8. The molecule has 0 bridgehead atoms. The molecule has 1 fully saturated rings. The molecule has 3 aromatic rings. The highest BCUT2D eigenvalue weighted by Gasteiger charge is 2.28. The maximum absolute atomic E-state index is 12.8. The third-order valence-corrected chi connectivity index (χ3v) is 6.47. The molecular weight excluding hydrogens is 438 g/mol. The van der Waals surface area contributed by atoms with Crippen molar-refractivity contribution in [1.82, 2.24) is 19.4 Å². The van der Waals surface area contributed by atoms with Crippen LogP contribution in [-0.4, -0.2) is 49.1 Å². The van der Waals surface area contributed by atoms with E-state index >= 15 is 0 Å². The molecule has 3 N–H and O–H groups in total. The molecule has 1 amide bonds. The molecule has 33 heavy (non-hydrogen) atoms. The summed E-state index contributed by atoms with van der Waals surface area (Å²) >= 11 is 6.42. The number of carbonyl (C=O) groups excluding carboxylic acids is 1. The van der Waals surface area contributed by atoms with Crippen LogP contribution in [0.15, 0.2) is 30.6 Å². The second-order valence-electron chi connectivity index (χ2n) is 8.38. The van der Waals surface area contributed by atoms with Crippen molar-refractivity contribution in [2.24, 2.45) is 0 Å². The minimum atomic E-state index is -0.912. The van der Waals surface area contributed by atoms with E-state index in [0.29, 0.717) is 36.6 Å². The number of nitrogen functional groups attached to an aromatic ring is 1. The Balaban J connectivity index is 1.82. The zero-order chi connectivity index (χ0) is 23.6. The minimum Gasteiger partial charge on any atom is -0.378 e. The number of anilines is 1. The molecule has 0 atom stereocenters. The van der Waals surface area contributed by atoms with Gasteiger partial charge in [-0.15, -0.1) is 0 Å². The number of hydrogen-bond donors (Lipinski definition) is 2. The van der Waals surface area contributed by atoms with Crippen LogP contribution >= 0.6 is 11.6 Å². The summed E-state index contributed by atoms with van der Waals surface area (Å²) in [5.74, 6) is 6.34. The number of benzene rings is 1. The van der Waals surface area contributed by atoms with Crippen molar-refractivity contribution < 1.29 is 9.90 Å². The Morgan fingerprint density at radius 2 is 2.03 bits per heavy atom. The number of nitrogens with zero attached hydrogens (tertiary/aromatic N) is 4. The molecule has 0 spiro atoms. The topological polar surface area (TPSA) is 97.3 Å². The van der Waals surface area contributed by atoms with Crippen molar-refractivity contribution in [3.63, 3.8) is 0 Å². The molecule has 172 valence electrons. The van der Waals surface area contributed by atoms with Crippen molar-refractivity contribution in [3.8, 4) is 23.1 Å².